The highest BCUT2D eigenvalue weighted by atomic mass is 32.1. The van der Waals surface area contributed by atoms with E-state index in [1.54, 1.807) is 30.3 Å². The SMILES string of the molecule is COC(=O)c1ccc(-c2cc3c(=O)sc4ccccc4c3o2)cc1. The van der Waals surface area contributed by atoms with Crippen LogP contribution in [0.4, 0.5) is 0 Å². The van der Waals surface area contributed by atoms with Crippen LogP contribution in [0.5, 0.6) is 0 Å². The molecule has 0 radical (unpaired) electrons. The quantitative estimate of drug-likeness (QED) is 0.507. The van der Waals surface area contributed by atoms with Gasteiger partial charge in [-0.25, -0.2) is 4.79 Å². The van der Waals surface area contributed by atoms with Gasteiger partial charge in [0.25, 0.3) is 0 Å². The highest BCUT2D eigenvalue weighted by molar-refractivity contribution is 7.16. The van der Waals surface area contributed by atoms with E-state index < -0.39 is 0 Å². The smallest absolute Gasteiger partial charge is 0.337 e. The van der Waals surface area contributed by atoms with Crippen molar-refractivity contribution in [2.24, 2.45) is 0 Å². The second-order valence-electron chi connectivity index (χ2n) is 5.31. The van der Waals surface area contributed by atoms with Crippen LogP contribution in [0.3, 0.4) is 0 Å². The summed E-state index contributed by atoms with van der Waals surface area (Å²) in [6.45, 7) is 0. The molecule has 0 unspecified atom stereocenters. The number of rotatable bonds is 2. The van der Waals surface area contributed by atoms with Gasteiger partial charge < -0.3 is 9.15 Å². The van der Waals surface area contributed by atoms with E-state index in [1.165, 1.54) is 18.4 Å². The molecular formula is C19H12O4S. The van der Waals surface area contributed by atoms with Gasteiger partial charge in [-0.15, -0.1) is 0 Å². The van der Waals surface area contributed by atoms with Gasteiger partial charge in [-0.05, 0) is 30.3 Å². The molecule has 4 nitrogen and oxygen atoms in total. The van der Waals surface area contributed by atoms with Crippen molar-refractivity contribution >= 4 is 38.4 Å². The lowest BCUT2D eigenvalue weighted by molar-refractivity contribution is 0.0601. The van der Waals surface area contributed by atoms with Crippen LogP contribution in [0.25, 0.3) is 32.4 Å². The molecule has 0 saturated heterocycles. The number of carbonyl (C=O) groups is 1. The highest BCUT2D eigenvalue weighted by Crippen LogP contribution is 2.32. The van der Waals surface area contributed by atoms with Crippen molar-refractivity contribution < 1.29 is 13.9 Å². The van der Waals surface area contributed by atoms with Crippen LogP contribution in [0.2, 0.25) is 0 Å². The van der Waals surface area contributed by atoms with Gasteiger partial charge in [-0.3, -0.25) is 4.79 Å². The summed E-state index contributed by atoms with van der Waals surface area (Å²) < 4.78 is 11.5. The zero-order valence-corrected chi connectivity index (χ0v) is 13.6. The van der Waals surface area contributed by atoms with Gasteiger partial charge in [0.15, 0.2) is 0 Å². The van der Waals surface area contributed by atoms with Gasteiger partial charge in [0, 0.05) is 15.6 Å². The number of methoxy groups -OCH3 is 1. The van der Waals surface area contributed by atoms with E-state index in [0.717, 1.165) is 15.6 Å². The van der Waals surface area contributed by atoms with Crippen LogP contribution in [0.1, 0.15) is 10.4 Å². The van der Waals surface area contributed by atoms with Crippen molar-refractivity contribution in [3.05, 3.63) is 69.7 Å². The van der Waals surface area contributed by atoms with Gasteiger partial charge in [0.1, 0.15) is 11.3 Å². The van der Waals surface area contributed by atoms with Gasteiger partial charge in [0.2, 0.25) is 4.74 Å². The third-order valence-electron chi connectivity index (χ3n) is 3.88. The van der Waals surface area contributed by atoms with Gasteiger partial charge in [0.05, 0.1) is 18.1 Å². The standard InChI is InChI=1S/C19H12O4S/c1-22-18(20)12-8-6-11(7-9-12)15-10-14-17(23-15)13-4-2-3-5-16(13)24-19(14)21/h2-10H,1H3. The molecule has 0 fully saturated rings. The Kier molecular flexibility index (Phi) is 3.43. The summed E-state index contributed by atoms with van der Waals surface area (Å²) in [5, 5.41) is 1.50. The molecule has 0 aliphatic rings. The van der Waals surface area contributed by atoms with Crippen LogP contribution in [-0.2, 0) is 4.74 Å². The second kappa shape index (κ2) is 5.62. The average Bonchev–Trinajstić information content (AvgIpc) is 3.07. The van der Waals surface area contributed by atoms with Crippen molar-refractivity contribution in [3.8, 4) is 11.3 Å². The Hall–Kier alpha value is -2.92. The molecule has 0 aliphatic carbocycles. The first kappa shape index (κ1) is 14.7. The number of carbonyl (C=O) groups excluding carboxylic acids is 1. The molecule has 4 rings (SSSR count). The molecule has 5 heteroatoms. The Balaban J connectivity index is 1.89. The Morgan fingerprint density at radius 3 is 2.54 bits per heavy atom. The number of ether oxygens (including phenoxy) is 1. The Morgan fingerprint density at radius 2 is 1.79 bits per heavy atom. The fourth-order valence-corrected chi connectivity index (χ4v) is 3.55. The molecule has 2 aromatic carbocycles. The summed E-state index contributed by atoms with van der Waals surface area (Å²) in [4.78, 5) is 23.8. The molecule has 2 aromatic heterocycles. The molecule has 0 atom stereocenters. The lowest BCUT2D eigenvalue weighted by Crippen LogP contribution is -2.00. The van der Waals surface area contributed by atoms with Crippen LogP contribution in [-0.4, -0.2) is 13.1 Å². The van der Waals surface area contributed by atoms with Gasteiger partial charge >= 0.3 is 5.97 Å². The molecule has 0 saturated carbocycles. The van der Waals surface area contributed by atoms with E-state index in [-0.39, 0.29) is 10.7 Å². The fraction of sp³-hybridized carbons (Fsp3) is 0.0526. The summed E-state index contributed by atoms with van der Waals surface area (Å²) in [6, 6.07) is 16.3. The zero-order valence-electron chi connectivity index (χ0n) is 12.7. The Labute approximate surface area is 140 Å². The van der Waals surface area contributed by atoms with Crippen molar-refractivity contribution in [2.75, 3.05) is 7.11 Å². The topological polar surface area (TPSA) is 56.5 Å². The number of benzene rings is 2. The molecule has 0 bridgehead atoms. The van der Waals surface area contributed by atoms with Crippen molar-refractivity contribution in [3.63, 3.8) is 0 Å². The first-order valence-electron chi connectivity index (χ1n) is 7.31. The third-order valence-corrected chi connectivity index (χ3v) is 4.86. The van der Waals surface area contributed by atoms with E-state index in [0.29, 0.717) is 22.3 Å². The maximum Gasteiger partial charge on any atom is 0.337 e. The number of hydrogen-bond donors (Lipinski definition) is 0. The highest BCUT2D eigenvalue weighted by Gasteiger charge is 2.13. The summed E-state index contributed by atoms with van der Waals surface area (Å²) in [5.74, 6) is 0.211. The van der Waals surface area contributed by atoms with E-state index in [2.05, 4.69) is 0 Å². The molecule has 0 N–H and O–H groups in total. The predicted octanol–water partition coefficient (Wildman–Crippen LogP) is 4.46. The van der Waals surface area contributed by atoms with Crippen molar-refractivity contribution in [1.29, 1.82) is 0 Å². The number of furan rings is 1. The summed E-state index contributed by atoms with van der Waals surface area (Å²) in [6.07, 6.45) is 0. The van der Waals surface area contributed by atoms with E-state index in [1.807, 2.05) is 24.3 Å². The second-order valence-corrected chi connectivity index (χ2v) is 6.32. The molecule has 2 heterocycles. The number of esters is 1. The van der Waals surface area contributed by atoms with E-state index >= 15 is 0 Å². The monoisotopic (exact) mass is 336 g/mol. The van der Waals surface area contributed by atoms with Gasteiger partial charge in [-0.2, -0.15) is 0 Å². The lowest BCUT2D eigenvalue weighted by atomic mass is 10.1. The largest absolute Gasteiger partial charge is 0.465 e. The lowest BCUT2D eigenvalue weighted by Gasteiger charge is -2.00. The first-order valence-corrected chi connectivity index (χ1v) is 8.13. The molecule has 24 heavy (non-hydrogen) atoms. The predicted molar refractivity (Wildman–Crippen MR) is 94.6 cm³/mol. The average molecular weight is 336 g/mol. The molecule has 0 spiro atoms. The minimum Gasteiger partial charge on any atom is -0.465 e. The Bertz CT molecular complexity index is 1120. The van der Waals surface area contributed by atoms with Crippen LogP contribution in [0, 0.1) is 0 Å². The zero-order chi connectivity index (χ0) is 16.7. The number of fused-ring (bicyclic) bond motifs is 3. The first-order chi connectivity index (χ1) is 11.7. The molecule has 0 amide bonds. The normalized spacial score (nSPS) is 11.0. The summed E-state index contributed by atoms with van der Waals surface area (Å²) >= 11 is 1.21. The molecule has 4 aromatic rings. The van der Waals surface area contributed by atoms with Crippen LogP contribution in [0.15, 0.2) is 63.8 Å². The maximum absolute atomic E-state index is 12.3. The van der Waals surface area contributed by atoms with Crippen molar-refractivity contribution in [2.45, 2.75) is 0 Å². The van der Waals surface area contributed by atoms with Crippen LogP contribution >= 0.6 is 11.3 Å². The van der Waals surface area contributed by atoms with E-state index in [9.17, 15) is 9.59 Å². The minimum absolute atomic E-state index is 0.0233. The minimum atomic E-state index is -0.388. The van der Waals surface area contributed by atoms with Gasteiger partial charge in [-0.1, -0.05) is 35.6 Å². The summed E-state index contributed by atoms with van der Waals surface area (Å²) in [7, 11) is 1.34. The Morgan fingerprint density at radius 1 is 1.04 bits per heavy atom. The van der Waals surface area contributed by atoms with Crippen LogP contribution < -0.4 is 4.74 Å². The fourth-order valence-electron chi connectivity index (χ4n) is 2.67. The van der Waals surface area contributed by atoms with Crippen molar-refractivity contribution in [1.82, 2.24) is 0 Å². The van der Waals surface area contributed by atoms with E-state index in [4.69, 9.17) is 9.15 Å². The summed E-state index contributed by atoms with van der Waals surface area (Å²) in [5.41, 5.74) is 1.86. The molecule has 118 valence electrons. The molecular weight excluding hydrogens is 324 g/mol. The molecule has 0 aliphatic heterocycles. The third kappa shape index (κ3) is 2.30. The maximum atomic E-state index is 12.3. The number of hydrogen-bond acceptors (Lipinski definition) is 5.